The fourth-order valence-corrected chi connectivity index (χ4v) is 2.84. The molecule has 1 rings (SSSR count). The summed E-state index contributed by atoms with van der Waals surface area (Å²) in [6.07, 6.45) is 0.706. The van der Waals surface area contributed by atoms with Gasteiger partial charge in [0.1, 0.15) is 11.2 Å². The first-order valence-corrected chi connectivity index (χ1v) is 10.5. The van der Waals surface area contributed by atoms with Crippen molar-refractivity contribution in [2.75, 3.05) is 10.7 Å². The third-order valence-electron chi connectivity index (χ3n) is 3.36. The number of aromatic nitrogens is 2. The summed E-state index contributed by atoms with van der Waals surface area (Å²) in [6.45, 7) is 11.2. The van der Waals surface area contributed by atoms with Gasteiger partial charge in [-0.1, -0.05) is 11.8 Å². The van der Waals surface area contributed by atoms with Crippen LogP contribution in [0.5, 0.6) is 0 Å². The quantitative estimate of drug-likeness (QED) is 0.676. The van der Waals surface area contributed by atoms with Crippen molar-refractivity contribution in [2.45, 2.75) is 66.1 Å². The second kappa shape index (κ2) is 10.6. The fraction of sp³-hybridized carbons (Fsp3) is 0.600. The Hall–Kier alpha value is -2.69. The molecule has 0 bridgehead atoms. The lowest BCUT2D eigenvalue weighted by molar-refractivity contribution is -0.140. The van der Waals surface area contributed by atoms with E-state index in [2.05, 4.69) is 9.97 Å². The Morgan fingerprint density at radius 1 is 1.00 bits per heavy atom. The van der Waals surface area contributed by atoms with Crippen LogP contribution in [0.2, 0.25) is 0 Å². The first-order chi connectivity index (χ1) is 14.1. The Morgan fingerprint density at radius 3 is 1.81 bits per heavy atom. The topological polar surface area (TPSA) is 136 Å². The number of hydrogen-bond acceptors (Lipinski definition) is 9. The number of imide groups is 1. The molecule has 1 heterocycles. The molecule has 2 amide bonds. The van der Waals surface area contributed by atoms with Crippen molar-refractivity contribution in [1.82, 2.24) is 9.97 Å². The molecule has 0 saturated carbocycles. The maximum absolute atomic E-state index is 12.6. The zero-order valence-electron chi connectivity index (χ0n) is 18.8. The third-order valence-corrected chi connectivity index (χ3v) is 4.34. The van der Waals surface area contributed by atoms with Gasteiger partial charge in [-0.05, 0) is 53.5 Å². The fourth-order valence-electron chi connectivity index (χ4n) is 2.14. The van der Waals surface area contributed by atoms with Gasteiger partial charge in [-0.3, -0.25) is 9.59 Å². The van der Waals surface area contributed by atoms with Gasteiger partial charge in [0.2, 0.25) is 5.95 Å². The second-order valence-corrected chi connectivity index (χ2v) is 9.93. The largest absolute Gasteiger partial charge is 0.481 e. The van der Waals surface area contributed by atoms with Gasteiger partial charge in [0, 0.05) is 25.1 Å². The van der Waals surface area contributed by atoms with Gasteiger partial charge in [-0.2, -0.15) is 0 Å². The summed E-state index contributed by atoms with van der Waals surface area (Å²) in [6, 6.07) is 0. The zero-order valence-corrected chi connectivity index (χ0v) is 19.6. The monoisotopic (exact) mass is 455 g/mol. The normalized spacial score (nSPS) is 12.6. The van der Waals surface area contributed by atoms with Crippen LogP contribution in [-0.4, -0.2) is 55.3 Å². The van der Waals surface area contributed by atoms with Gasteiger partial charge in [0.15, 0.2) is 5.12 Å². The van der Waals surface area contributed by atoms with E-state index in [4.69, 9.17) is 9.47 Å². The highest BCUT2D eigenvalue weighted by atomic mass is 32.2. The van der Waals surface area contributed by atoms with Crippen LogP contribution in [0.4, 0.5) is 15.5 Å². The van der Waals surface area contributed by atoms with E-state index < -0.39 is 35.3 Å². The number of aliphatic carboxylic acids is 1. The van der Waals surface area contributed by atoms with Crippen molar-refractivity contribution in [3.05, 3.63) is 18.0 Å². The number of rotatable bonds is 6. The minimum Gasteiger partial charge on any atom is -0.481 e. The summed E-state index contributed by atoms with van der Waals surface area (Å²) < 4.78 is 10.5. The van der Waals surface area contributed by atoms with Gasteiger partial charge in [-0.25, -0.2) is 19.6 Å². The van der Waals surface area contributed by atoms with Crippen LogP contribution in [0.3, 0.4) is 0 Å². The van der Waals surface area contributed by atoms with Gasteiger partial charge in [0.05, 0.1) is 5.92 Å². The number of carbonyl (C=O) groups is 4. The van der Waals surface area contributed by atoms with E-state index in [1.165, 1.54) is 19.3 Å². The molecule has 0 aromatic carbocycles. The first-order valence-electron chi connectivity index (χ1n) is 9.52. The van der Waals surface area contributed by atoms with Gasteiger partial charge in [0.25, 0.3) is 0 Å². The number of amides is 2. The summed E-state index contributed by atoms with van der Waals surface area (Å²) in [5.41, 5.74) is -1.28. The van der Waals surface area contributed by atoms with E-state index in [9.17, 15) is 24.3 Å². The lowest BCUT2D eigenvalue weighted by Gasteiger charge is -2.27. The highest BCUT2D eigenvalue weighted by Gasteiger charge is 2.34. The second-order valence-electron chi connectivity index (χ2n) is 8.73. The Morgan fingerprint density at radius 2 is 1.45 bits per heavy atom. The van der Waals surface area contributed by atoms with E-state index >= 15 is 0 Å². The van der Waals surface area contributed by atoms with Gasteiger partial charge in [-0.15, -0.1) is 4.90 Å². The Bertz CT molecular complexity index is 786. The predicted octanol–water partition coefficient (Wildman–Crippen LogP) is 3.68. The number of ether oxygens (including phenoxy) is 2. The average molecular weight is 456 g/mol. The van der Waals surface area contributed by atoms with Crippen LogP contribution < -0.4 is 4.90 Å². The molecule has 0 spiro atoms. The van der Waals surface area contributed by atoms with Crippen molar-refractivity contribution in [3.63, 3.8) is 0 Å². The van der Waals surface area contributed by atoms with E-state index in [0.29, 0.717) is 10.5 Å². The smallest absolute Gasteiger partial charge is 0.427 e. The summed E-state index contributed by atoms with van der Waals surface area (Å²) in [5, 5.41) is 9.18. The molecule has 1 unspecified atom stereocenters. The number of carbonyl (C=O) groups excluding carboxylic acids is 3. The molecule has 0 aliphatic carbocycles. The summed E-state index contributed by atoms with van der Waals surface area (Å²) >= 11 is 0.922. The van der Waals surface area contributed by atoms with E-state index in [0.717, 1.165) is 11.8 Å². The van der Waals surface area contributed by atoms with E-state index in [-0.39, 0.29) is 23.2 Å². The number of hydrogen-bond donors (Lipinski definition) is 1. The lowest BCUT2D eigenvalue weighted by atomic mass is 10.0. The predicted molar refractivity (Wildman–Crippen MR) is 115 cm³/mol. The molecule has 1 aromatic heterocycles. The molecular weight excluding hydrogens is 426 g/mol. The minimum absolute atomic E-state index is 0.0781. The number of anilines is 1. The molecule has 10 nitrogen and oxygen atoms in total. The number of nitrogens with zero attached hydrogens (tertiary/aromatic N) is 3. The summed E-state index contributed by atoms with van der Waals surface area (Å²) in [5.74, 6) is -2.04. The highest BCUT2D eigenvalue weighted by Crippen LogP contribution is 2.20. The lowest BCUT2D eigenvalue weighted by Crippen LogP contribution is -2.44. The average Bonchev–Trinajstić information content (AvgIpc) is 2.56. The maximum Gasteiger partial charge on any atom is 0.427 e. The van der Waals surface area contributed by atoms with E-state index in [1.807, 2.05) is 0 Å². The maximum atomic E-state index is 12.6. The SMILES string of the molecule is CC(=O)SCC(Cc1cnc(N(C(=O)OC(C)(C)C)C(=O)OC(C)(C)C)nc1)C(=O)O. The molecule has 0 radical (unpaired) electrons. The number of carboxylic acid groups (broad SMARTS) is 1. The standard InChI is InChI=1S/C20H29N3O7S/c1-12(24)31-11-14(15(25)26)8-13-9-21-16(22-10-13)23(17(27)29-19(2,3)4)18(28)30-20(5,6)7/h9-10,14H,8,11H2,1-7H3,(H,25,26). The summed E-state index contributed by atoms with van der Waals surface area (Å²) in [7, 11) is 0. The molecule has 1 aromatic rings. The van der Waals surface area contributed by atoms with Crippen LogP contribution in [0.25, 0.3) is 0 Å². The molecule has 0 saturated heterocycles. The molecule has 11 heteroatoms. The van der Waals surface area contributed by atoms with Crippen LogP contribution in [0.1, 0.15) is 54.0 Å². The summed E-state index contributed by atoms with van der Waals surface area (Å²) in [4.78, 5) is 56.4. The van der Waals surface area contributed by atoms with Crippen molar-refractivity contribution in [3.8, 4) is 0 Å². The molecule has 1 atom stereocenters. The van der Waals surface area contributed by atoms with Crippen molar-refractivity contribution in [2.24, 2.45) is 5.92 Å². The first kappa shape index (κ1) is 26.3. The molecule has 31 heavy (non-hydrogen) atoms. The molecule has 1 N–H and O–H groups in total. The highest BCUT2D eigenvalue weighted by molar-refractivity contribution is 8.13. The number of carboxylic acids is 1. The van der Waals surface area contributed by atoms with Gasteiger partial charge >= 0.3 is 18.2 Å². The van der Waals surface area contributed by atoms with Crippen LogP contribution >= 0.6 is 11.8 Å². The minimum atomic E-state index is -1.05. The van der Waals surface area contributed by atoms with Crippen LogP contribution in [0.15, 0.2) is 12.4 Å². The van der Waals surface area contributed by atoms with Gasteiger partial charge < -0.3 is 14.6 Å². The molecule has 0 aliphatic heterocycles. The third kappa shape index (κ3) is 9.77. The molecular formula is C20H29N3O7S. The zero-order chi connectivity index (χ0) is 24.0. The van der Waals surface area contributed by atoms with Crippen molar-refractivity contribution < 1.29 is 33.8 Å². The molecule has 172 valence electrons. The van der Waals surface area contributed by atoms with Crippen molar-refractivity contribution >= 4 is 41.0 Å². The van der Waals surface area contributed by atoms with Crippen LogP contribution in [0, 0.1) is 5.92 Å². The number of thioether (sulfide) groups is 1. The van der Waals surface area contributed by atoms with Crippen molar-refractivity contribution in [1.29, 1.82) is 0 Å². The molecule has 0 aliphatic rings. The Labute approximate surface area is 185 Å². The molecule has 0 fully saturated rings. The Balaban J connectivity index is 3.12. The van der Waals surface area contributed by atoms with Crippen LogP contribution in [-0.2, 0) is 25.5 Å². The Kier molecular flexibility index (Phi) is 8.97. The van der Waals surface area contributed by atoms with E-state index in [1.54, 1.807) is 41.5 Å².